The van der Waals surface area contributed by atoms with E-state index in [1.54, 1.807) is 12.4 Å². The topological polar surface area (TPSA) is 81.2 Å². The number of aryl methyl sites for hydroxylation is 1. The summed E-state index contributed by atoms with van der Waals surface area (Å²) in [5, 5.41) is 2.91. The lowest BCUT2D eigenvalue weighted by molar-refractivity contribution is -0.939. The van der Waals surface area contributed by atoms with Gasteiger partial charge in [0.15, 0.2) is 18.5 Å². The van der Waals surface area contributed by atoms with E-state index in [2.05, 4.69) is 27.4 Å². The summed E-state index contributed by atoms with van der Waals surface area (Å²) in [7, 11) is 0. The van der Waals surface area contributed by atoms with E-state index in [1.165, 1.54) is 12.8 Å². The average molecular weight is 478 g/mol. The van der Waals surface area contributed by atoms with Gasteiger partial charge in [0.25, 0.3) is 5.91 Å². The van der Waals surface area contributed by atoms with Crippen LogP contribution in [0.25, 0.3) is 0 Å². The maximum Gasteiger partial charge on any atom is 0.317 e. The van der Waals surface area contributed by atoms with Crippen molar-refractivity contribution in [2.45, 2.75) is 69.8 Å². The number of esters is 1. The standard InChI is InChI=1S/C28H36N4O3/c1-21-17-29-18-25(30-21)31-26(33)20-32-15-11-22(12-16-32)24(19-32)35-27(34)28(13-7-2-3-8-14-28)23-9-5-4-6-10-23/h4-6,9-10,17-18,22,24H,2-3,7-8,11-16,19-20H2,1H3/p+1. The first-order valence-corrected chi connectivity index (χ1v) is 13.2. The second kappa shape index (κ2) is 10.1. The Morgan fingerprint density at radius 1 is 1.06 bits per heavy atom. The van der Waals surface area contributed by atoms with Crippen molar-refractivity contribution in [1.29, 1.82) is 0 Å². The average Bonchev–Trinajstić information content (AvgIpc) is 3.12. The summed E-state index contributed by atoms with van der Waals surface area (Å²) < 4.78 is 7.09. The number of rotatable bonds is 6. The van der Waals surface area contributed by atoms with Crippen LogP contribution in [-0.2, 0) is 19.7 Å². The molecule has 186 valence electrons. The first-order chi connectivity index (χ1) is 17.0. The van der Waals surface area contributed by atoms with Gasteiger partial charge >= 0.3 is 5.97 Å². The van der Waals surface area contributed by atoms with Crippen LogP contribution in [-0.4, -0.2) is 58.6 Å². The van der Waals surface area contributed by atoms with E-state index in [0.29, 0.717) is 29.3 Å². The molecule has 35 heavy (non-hydrogen) atoms. The summed E-state index contributed by atoms with van der Waals surface area (Å²) in [6.07, 6.45) is 11.3. The fraction of sp³-hybridized carbons (Fsp3) is 0.571. The van der Waals surface area contributed by atoms with Gasteiger partial charge in [0.1, 0.15) is 6.54 Å². The highest BCUT2D eigenvalue weighted by Gasteiger charge is 2.51. The van der Waals surface area contributed by atoms with E-state index in [9.17, 15) is 9.59 Å². The zero-order valence-electron chi connectivity index (χ0n) is 20.7. The number of quaternary nitrogens is 1. The van der Waals surface area contributed by atoms with E-state index in [4.69, 9.17) is 4.74 Å². The summed E-state index contributed by atoms with van der Waals surface area (Å²) in [5.74, 6) is 0.770. The second-order valence-electron chi connectivity index (χ2n) is 10.9. The minimum Gasteiger partial charge on any atom is -0.455 e. The maximum atomic E-state index is 13.9. The summed E-state index contributed by atoms with van der Waals surface area (Å²) in [6, 6.07) is 10.3. The van der Waals surface area contributed by atoms with Crippen LogP contribution < -0.4 is 5.32 Å². The smallest absolute Gasteiger partial charge is 0.317 e. The molecule has 4 fully saturated rings. The zero-order chi connectivity index (χ0) is 24.3. The Balaban J connectivity index is 1.29. The van der Waals surface area contributed by atoms with Gasteiger partial charge in [-0.3, -0.25) is 14.6 Å². The second-order valence-corrected chi connectivity index (χ2v) is 10.9. The highest BCUT2D eigenvalue weighted by atomic mass is 16.5. The van der Waals surface area contributed by atoms with E-state index in [1.807, 2.05) is 25.1 Å². The van der Waals surface area contributed by atoms with Crippen LogP contribution >= 0.6 is 0 Å². The van der Waals surface area contributed by atoms with Crippen molar-refractivity contribution in [3.63, 3.8) is 0 Å². The van der Waals surface area contributed by atoms with Crippen molar-refractivity contribution in [3.05, 3.63) is 54.0 Å². The third-order valence-electron chi connectivity index (χ3n) is 8.48. The van der Waals surface area contributed by atoms with Gasteiger partial charge in [-0.15, -0.1) is 0 Å². The van der Waals surface area contributed by atoms with Crippen LogP contribution in [0.3, 0.4) is 0 Å². The lowest BCUT2D eigenvalue weighted by atomic mass is 9.74. The lowest BCUT2D eigenvalue weighted by Crippen LogP contribution is -2.66. The van der Waals surface area contributed by atoms with Crippen molar-refractivity contribution in [1.82, 2.24) is 9.97 Å². The predicted octanol–water partition coefficient (Wildman–Crippen LogP) is 4.17. The molecular formula is C28H37N4O3+. The van der Waals surface area contributed by atoms with Gasteiger partial charge in [-0.25, -0.2) is 4.98 Å². The van der Waals surface area contributed by atoms with Gasteiger partial charge in [0.05, 0.1) is 30.4 Å². The van der Waals surface area contributed by atoms with Crippen LogP contribution in [0.5, 0.6) is 0 Å². The molecule has 2 aromatic rings. The number of amides is 1. The van der Waals surface area contributed by atoms with E-state index < -0.39 is 5.41 Å². The third kappa shape index (κ3) is 5.10. The molecule has 1 amide bonds. The number of nitrogens with zero attached hydrogens (tertiary/aromatic N) is 3. The fourth-order valence-electron chi connectivity index (χ4n) is 6.54. The van der Waals surface area contributed by atoms with Gasteiger partial charge in [-0.1, -0.05) is 56.0 Å². The molecule has 1 saturated carbocycles. The monoisotopic (exact) mass is 477 g/mol. The molecule has 4 heterocycles. The number of nitrogens with one attached hydrogen (secondary N) is 1. The van der Waals surface area contributed by atoms with Crippen LogP contribution in [0.15, 0.2) is 42.7 Å². The highest BCUT2D eigenvalue weighted by molar-refractivity contribution is 5.90. The molecule has 6 rings (SSSR count). The normalized spacial score (nSPS) is 27.6. The number of anilines is 1. The number of aromatic nitrogens is 2. The Bertz CT molecular complexity index is 1040. The molecule has 1 aromatic heterocycles. The number of fused-ring (bicyclic) bond motifs is 3. The van der Waals surface area contributed by atoms with Gasteiger partial charge in [-0.2, -0.15) is 0 Å². The summed E-state index contributed by atoms with van der Waals surface area (Å²) >= 11 is 0. The van der Waals surface area contributed by atoms with Crippen molar-refractivity contribution in [2.24, 2.45) is 5.92 Å². The number of carbonyl (C=O) groups is 2. The Morgan fingerprint density at radius 2 is 1.77 bits per heavy atom. The number of piperidine rings is 3. The largest absolute Gasteiger partial charge is 0.455 e. The highest BCUT2D eigenvalue weighted by Crippen LogP contribution is 2.42. The number of ether oxygens (including phenoxy) is 1. The van der Waals surface area contributed by atoms with Gasteiger partial charge in [0.2, 0.25) is 0 Å². The van der Waals surface area contributed by atoms with Gasteiger partial charge < -0.3 is 14.5 Å². The zero-order valence-corrected chi connectivity index (χ0v) is 20.7. The number of carbonyl (C=O) groups excluding carboxylic acids is 2. The molecule has 3 saturated heterocycles. The Hall–Kier alpha value is -2.80. The summed E-state index contributed by atoms with van der Waals surface area (Å²) in [5.41, 5.74) is 1.32. The van der Waals surface area contributed by atoms with Crippen molar-refractivity contribution in [2.75, 3.05) is 31.5 Å². The molecule has 1 aromatic carbocycles. The molecule has 7 nitrogen and oxygen atoms in total. The van der Waals surface area contributed by atoms with Crippen molar-refractivity contribution in [3.8, 4) is 0 Å². The minimum absolute atomic E-state index is 0.0537. The molecule has 7 heteroatoms. The molecule has 2 bridgehead atoms. The van der Waals surface area contributed by atoms with Crippen molar-refractivity contribution < 1.29 is 18.8 Å². The molecule has 1 unspecified atom stereocenters. The summed E-state index contributed by atoms with van der Waals surface area (Å²) in [6.45, 7) is 4.86. The van der Waals surface area contributed by atoms with Crippen LogP contribution in [0.2, 0.25) is 0 Å². The van der Waals surface area contributed by atoms with E-state index >= 15 is 0 Å². The maximum absolute atomic E-state index is 13.9. The Labute approximate surface area is 207 Å². The van der Waals surface area contributed by atoms with Crippen molar-refractivity contribution >= 4 is 17.7 Å². The number of hydrogen-bond acceptors (Lipinski definition) is 5. The first-order valence-electron chi connectivity index (χ1n) is 13.2. The molecule has 1 aliphatic carbocycles. The van der Waals surface area contributed by atoms with E-state index in [-0.39, 0.29) is 18.0 Å². The van der Waals surface area contributed by atoms with Gasteiger partial charge in [-0.05, 0) is 25.3 Å². The molecule has 3 aliphatic heterocycles. The molecule has 4 aliphatic rings. The molecular weight excluding hydrogens is 440 g/mol. The third-order valence-corrected chi connectivity index (χ3v) is 8.48. The van der Waals surface area contributed by atoms with Crippen LogP contribution in [0.1, 0.15) is 62.6 Å². The quantitative estimate of drug-likeness (QED) is 0.384. The van der Waals surface area contributed by atoms with Crippen LogP contribution in [0, 0.1) is 12.8 Å². The minimum atomic E-state index is -0.546. The van der Waals surface area contributed by atoms with E-state index in [0.717, 1.165) is 62.9 Å². The summed E-state index contributed by atoms with van der Waals surface area (Å²) in [4.78, 5) is 35.3. The first kappa shape index (κ1) is 23.9. The Morgan fingerprint density at radius 3 is 2.46 bits per heavy atom. The predicted molar refractivity (Wildman–Crippen MR) is 134 cm³/mol. The molecule has 1 atom stereocenters. The lowest BCUT2D eigenvalue weighted by Gasteiger charge is -2.52. The number of hydrogen-bond donors (Lipinski definition) is 1. The Kier molecular flexibility index (Phi) is 6.87. The fourth-order valence-corrected chi connectivity index (χ4v) is 6.54. The van der Waals surface area contributed by atoms with Crippen LogP contribution in [0.4, 0.5) is 5.82 Å². The molecule has 1 N–H and O–H groups in total. The molecule has 0 spiro atoms. The SMILES string of the molecule is Cc1cncc(NC(=O)C[N+]23CCC(CC2)C(OC(=O)C2(c4ccccc4)CCCCCC2)C3)n1. The van der Waals surface area contributed by atoms with Gasteiger partial charge in [0, 0.05) is 25.0 Å². The molecule has 0 radical (unpaired) electrons. The number of benzene rings is 1.